The fourth-order valence-corrected chi connectivity index (χ4v) is 12.4. The lowest BCUT2D eigenvalue weighted by molar-refractivity contribution is 0.660. The molecule has 1 spiro atoms. The van der Waals surface area contributed by atoms with E-state index in [0.29, 0.717) is 0 Å². The average molecular weight is 800 g/mol. The zero-order valence-electron chi connectivity index (χ0n) is 35.2. The van der Waals surface area contributed by atoms with Crippen molar-refractivity contribution in [3.05, 3.63) is 246 Å². The van der Waals surface area contributed by atoms with E-state index in [1.807, 2.05) is 0 Å². The van der Waals surface area contributed by atoms with Crippen molar-refractivity contribution in [1.29, 1.82) is 0 Å². The second-order valence-electron chi connectivity index (χ2n) is 18.3. The van der Waals surface area contributed by atoms with Crippen LogP contribution in [0, 0.1) is 0 Å². The summed E-state index contributed by atoms with van der Waals surface area (Å²) in [6.07, 6.45) is 0. The molecule has 0 saturated carbocycles. The topological polar surface area (TPSA) is 3.24 Å². The summed E-state index contributed by atoms with van der Waals surface area (Å²) in [6, 6.07) is 80.2. The fraction of sp³-hybridized carbons (Fsp3) is 0.0645. The molecule has 0 aliphatic heterocycles. The van der Waals surface area contributed by atoms with Gasteiger partial charge in [0.2, 0.25) is 0 Å². The number of nitrogens with zero attached hydrogens (tertiary/aromatic N) is 1. The standard InChI is InChI=1S/C62H41N/c1-61(2)51-25-11-8-20-44(51)45-35-34-41(36-55(45)61)63(40-32-30-39(31-33-40)38-16-4-3-5-17-38)57-29-15-28-54-60(57)48-22-10-13-27-53(48)62(54)52-26-12-9-21-47(52)59-49-24-14-23-46-42-18-6-7-19-43(42)50(58(46)49)37-56(59)62/h3-37H,1-2H3. The van der Waals surface area contributed by atoms with Gasteiger partial charge in [0.1, 0.15) is 0 Å². The Bertz CT molecular complexity index is 3590. The molecule has 0 N–H and O–H groups in total. The average Bonchev–Trinajstić information content (AvgIpc) is 4.01. The summed E-state index contributed by atoms with van der Waals surface area (Å²) >= 11 is 0. The molecule has 10 aromatic rings. The van der Waals surface area contributed by atoms with Gasteiger partial charge in [0.05, 0.1) is 11.1 Å². The second kappa shape index (κ2) is 12.4. The molecule has 0 fully saturated rings. The Hall–Kier alpha value is -7.74. The summed E-state index contributed by atoms with van der Waals surface area (Å²) in [7, 11) is 0. The molecule has 0 heterocycles. The van der Waals surface area contributed by atoms with Crippen LogP contribution >= 0.6 is 0 Å². The van der Waals surface area contributed by atoms with Gasteiger partial charge < -0.3 is 4.90 Å². The number of hydrogen-bond acceptors (Lipinski definition) is 1. The summed E-state index contributed by atoms with van der Waals surface area (Å²) in [6.45, 7) is 4.76. The summed E-state index contributed by atoms with van der Waals surface area (Å²) in [5.41, 5.74) is 26.6. The third kappa shape index (κ3) is 4.41. The molecule has 4 aliphatic rings. The minimum absolute atomic E-state index is 0.139. The van der Waals surface area contributed by atoms with Gasteiger partial charge in [0.25, 0.3) is 0 Å². The second-order valence-corrected chi connectivity index (χ2v) is 18.3. The van der Waals surface area contributed by atoms with E-state index in [0.717, 1.165) is 11.4 Å². The van der Waals surface area contributed by atoms with E-state index < -0.39 is 5.41 Å². The van der Waals surface area contributed by atoms with E-state index in [9.17, 15) is 0 Å². The highest BCUT2D eigenvalue weighted by Crippen LogP contribution is 2.67. The highest BCUT2D eigenvalue weighted by molar-refractivity contribution is 6.21. The van der Waals surface area contributed by atoms with Crippen LogP contribution in [0.15, 0.2) is 212 Å². The van der Waals surface area contributed by atoms with Gasteiger partial charge in [-0.2, -0.15) is 0 Å². The monoisotopic (exact) mass is 799 g/mol. The Labute approximate surface area is 368 Å². The SMILES string of the molecule is CC1(C)c2ccccc2-c2ccc(N(c3ccc(-c4ccccc4)cc3)c3cccc4c3-c3ccccc3C43c4ccccc4-c4c3cc3c5c(cccc45)-c4ccccc4-3)cc21. The first-order valence-corrected chi connectivity index (χ1v) is 22.3. The van der Waals surface area contributed by atoms with Gasteiger partial charge in [-0.15, -0.1) is 0 Å². The van der Waals surface area contributed by atoms with Crippen LogP contribution in [-0.2, 0) is 10.8 Å². The third-order valence-corrected chi connectivity index (χ3v) is 15.0. The molecule has 0 aromatic heterocycles. The molecule has 4 aliphatic carbocycles. The maximum atomic E-state index is 2.58. The predicted molar refractivity (Wildman–Crippen MR) is 262 cm³/mol. The summed E-state index contributed by atoms with van der Waals surface area (Å²) in [5, 5.41) is 2.71. The number of fused-ring (bicyclic) bond motifs is 17. The van der Waals surface area contributed by atoms with Crippen LogP contribution in [-0.4, -0.2) is 0 Å². The van der Waals surface area contributed by atoms with Crippen LogP contribution < -0.4 is 4.90 Å². The van der Waals surface area contributed by atoms with E-state index >= 15 is 0 Å². The maximum absolute atomic E-state index is 2.58. The molecular weight excluding hydrogens is 759 g/mol. The molecule has 0 bridgehead atoms. The van der Waals surface area contributed by atoms with Crippen LogP contribution in [0.4, 0.5) is 17.1 Å². The van der Waals surface area contributed by atoms with Crippen molar-refractivity contribution < 1.29 is 0 Å². The minimum atomic E-state index is -0.517. The first-order chi connectivity index (χ1) is 31.0. The van der Waals surface area contributed by atoms with Crippen molar-refractivity contribution in [3.8, 4) is 66.8 Å². The van der Waals surface area contributed by atoms with Gasteiger partial charge >= 0.3 is 0 Å². The van der Waals surface area contributed by atoms with Crippen LogP contribution in [0.5, 0.6) is 0 Å². The van der Waals surface area contributed by atoms with E-state index in [-0.39, 0.29) is 5.41 Å². The van der Waals surface area contributed by atoms with Gasteiger partial charge in [0.15, 0.2) is 0 Å². The minimum Gasteiger partial charge on any atom is -0.310 e. The number of hydrogen-bond donors (Lipinski definition) is 0. The normalized spacial score (nSPS) is 16.0. The van der Waals surface area contributed by atoms with Crippen LogP contribution in [0.1, 0.15) is 47.2 Å². The molecule has 14 rings (SSSR count). The Kier molecular flexibility index (Phi) is 6.89. The van der Waals surface area contributed by atoms with Gasteiger partial charge in [-0.1, -0.05) is 190 Å². The number of benzene rings is 10. The van der Waals surface area contributed by atoms with E-state index in [2.05, 4.69) is 231 Å². The Morgan fingerprint density at radius 2 is 0.857 bits per heavy atom. The van der Waals surface area contributed by atoms with E-state index in [1.165, 1.54) is 117 Å². The molecule has 1 unspecified atom stereocenters. The van der Waals surface area contributed by atoms with Crippen molar-refractivity contribution in [2.75, 3.05) is 4.90 Å². The predicted octanol–water partition coefficient (Wildman–Crippen LogP) is 16.3. The van der Waals surface area contributed by atoms with Gasteiger partial charge in [-0.3, -0.25) is 0 Å². The molecular formula is C62H41N. The zero-order valence-corrected chi connectivity index (χ0v) is 35.2. The summed E-state index contributed by atoms with van der Waals surface area (Å²) in [5.74, 6) is 0. The van der Waals surface area contributed by atoms with Gasteiger partial charge in [-0.05, 0) is 142 Å². The van der Waals surface area contributed by atoms with E-state index in [4.69, 9.17) is 0 Å². The highest BCUT2D eigenvalue weighted by Gasteiger charge is 2.53. The van der Waals surface area contributed by atoms with Crippen LogP contribution in [0.3, 0.4) is 0 Å². The first kappa shape index (κ1) is 34.9. The van der Waals surface area contributed by atoms with Crippen molar-refractivity contribution >= 4 is 27.8 Å². The van der Waals surface area contributed by atoms with Crippen LogP contribution in [0.2, 0.25) is 0 Å². The molecule has 294 valence electrons. The van der Waals surface area contributed by atoms with E-state index in [1.54, 1.807) is 0 Å². The lowest BCUT2D eigenvalue weighted by Gasteiger charge is -2.32. The molecule has 0 saturated heterocycles. The fourth-order valence-electron chi connectivity index (χ4n) is 12.4. The van der Waals surface area contributed by atoms with Crippen molar-refractivity contribution in [3.63, 3.8) is 0 Å². The molecule has 0 radical (unpaired) electrons. The summed E-state index contributed by atoms with van der Waals surface area (Å²) < 4.78 is 0. The highest BCUT2D eigenvalue weighted by atomic mass is 15.1. The largest absolute Gasteiger partial charge is 0.310 e. The van der Waals surface area contributed by atoms with Crippen molar-refractivity contribution in [1.82, 2.24) is 0 Å². The first-order valence-electron chi connectivity index (χ1n) is 22.3. The third-order valence-electron chi connectivity index (χ3n) is 15.0. The molecule has 1 nitrogen and oxygen atoms in total. The lowest BCUT2D eigenvalue weighted by atomic mass is 9.70. The van der Waals surface area contributed by atoms with Crippen molar-refractivity contribution in [2.24, 2.45) is 0 Å². The Morgan fingerprint density at radius 3 is 1.60 bits per heavy atom. The Morgan fingerprint density at radius 1 is 0.317 bits per heavy atom. The molecule has 63 heavy (non-hydrogen) atoms. The zero-order chi connectivity index (χ0) is 41.6. The molecule has 1 heteroatoms. The smallest absolute Gasteiger partial charge is 0.0726 e. The number of rotatable bonds is 4. The number of anilines is 3. The molecule has 1 atom stereocenters. The molecule has 0 amide bonds. The lowest BCUT2D eigenvalue weighted by Crippen LogP contribution is -2.26. The molecule has 10 aromatic carbocycles. The van der Waals surface area contributed by atoms with Crippen molar-refractivity contribution in [2.45, 2.75) is 24.7 Å². The van der Waals surface area contributed by atoms with Gasteiger partial charge in [0, 0.05) is 22.4 Å². The van der Waals surface area contributed by atoms with Crippen LogP contribution in [0.25, 0.3) is 77.5 Å². The van der Waals surface area contributed by atoms with Gasteiger partial charge in [-0.25, -0.2) is 0 Å². The maximum Gasteiger partial charge on any atom is 0.0726 e. The Balaban J connectivity index is 1.06. The quantitative estimate of drug-likeness (QED) is 0.171. The summed E-state index contributed by atoms with van der Waals surface area (Å²) in [4.78, 5) is 2.53.